The van der Waals surface area contributed by atoms with Crippen molar-refractivity contribution >= 4 is 17.3 Å². The summed E-state index contributed by atoms with van der Waals surface area (Å²) in [5, 5.41) is 4.73. The topological polar surface area (TPSA) is 15.3 Å². The van der Waals surface area contributed by atoms with Gasteiger partial charge in [-0.15, -0.1) is 0 Å². The first kappa shape index (κ1) is 23.1. The van der Waals surface area contributed by atoms with Gasteiger partial charge < -0.3 is 5.32 Å². The molecular weight excluding hydrogens is 412 g/mol. The predicted molar refractivity (Wildman–Crippen MR) is 138 cm³/mol. The molecule has 0 saturated heterocycles. The molecule has 1 atom stereocenters. The number of nitrogens with zero attached hydrogens (tertiary/aromatic N) is 1. The molecule has 2 aliphatic rings. The molecule has 1 aliphatic heterocycles. The Balaban J connectivity index is 1.49. The van der Waals surface area contributed by atoms with Crippen LogP contribution < -0.4 is 5.32 Å². The van der Waals surface area contributed by atoms with Crippen LogP contribution >= 0.6 is 11.6 Å². The van der Waals surface area contributed by atoms with Crippen molar-refractivity contribution in [3.05, 3.63) is 87.1 Å². The molecule has 1 heterocycles. The summed E-state index contributed by atoms with van der Waals surface area (Å²) in [5.74, 6) is 0. The number of halogens is 1. The molecule has 32 heavy (non-hydrogen) atoms. The molecule has 0 aromatic heterocycles. The maximum absolute atomic E-state index is 6.29. The molecule has 2 aromatic rings. The first-order valence-corrected chi connectivity index (χ1v) is 12.7. The zero-order valence-electron chi connectivity index (χ0n) is 19.9. The van der Waals surface area contributed by atoms with Gasteiger partial charge in [0, 0.05) is 35.5 Å². The average Bonchev–Trinajstić information content (AvgIpc) is 2.80. The molecule has 4 rings (SSSR count). The van der Waals surface area contributed by atoms with Crippen molar-refractivity contribution in [3.63, 3.8) is 0 Å². The Morgan fingerprint density at radius 3 is 2.81 bits per heavy atom. The van der Waals surface area contributed by atoms with Crippen LogP contribution in [0.4, 0.5) is 0 Å². The Morgan fingerprint density at radius 2 is 2.00 bits per heavy atom. The third-order valence-electron chi connectivity index (χ3n) is 7.01. The van der Waals surface area contributed by atoms with E-state index >= 15 is 0 Å². The summed E-state index contributed by atoms with van der Waals surface area (Å²) in [6, 6.07) is 16.1. The van der Waals surface area contributed by atoms with Crippen molar-refractivity contribution in [1.29, 1.82) is 0 Å². The van der Waals surface area contributed by atoms with Crippen molar-refractivity contribution in [3.8, 4) is 0 Å². The number of nitrogens with one attached hydrogen (secondary N) is 1. The lowest BCUT2D eigenvalue weighted by atomic mass is 9.86. The van der Waals surface area contributed by atoms with Gasteiger partial charge in [0.2, 0.25) is 0 Å². The summed E-state index contributed by atoms with van der Waals surface area (Å²) < 4.78 is 0. The summed E-state index contributed by atoms with van der Waals surface area (Å²) in [7, 11) is 0. The predicted octanol–water partition coefficient (Wildman–Crippen LogP) is 7.17. The molecule has 0 fully saturated rings. The van der Waals surface area contributed by atoms with E-state index in [1.807, 2.05) is 6.07 Å². The minimum absolute atomic E-state index is 0.595. The molecule has 1 aliphatic carbocycles. The summed E-state index contributed by atoms with van der Waals surface area (Å²) in [4.78, 5) is 2.69. The van der Waals surface area contributed by atoms with E-state index in [1.165, 1.54) is 52.1 Å². The highest BCUT2D eigenvalue weighted by Gasteiger charge is 2.28. The van der Waals surface area contributed by atoms with Crippen molar-refractivity contribution in [2.24, 2.45) is 0 Å². The normalized spacial score (nSPS) is 19.8. The molecule has 2 nitrogen and oxygen atoms in total. The highest BCUT2D eigenvalue weighted by Crippen LogP contribution is 2.30. The zero-order valence-corrected chi connectivity index (χ0v) is 20.6. The fourth-order valence-corrected chi connectivity index (χ4v) is 5.34. The van der Waals surface area contributed by atoms with Crippen LogP contribution in [-0.4, -0.2) is 24.0 Å². The van der Waals surface area contributed by atoms with Gasteiger partial charge in [-0.3, -0.25) is 4.90 Å². The molecular formula is C29H37ClN2. The Labute approximate surface area is 199 Å². The fourth-order valence-electron chi connectivity index (χ4n) is 5.15. The van der Waals surface area contributed by atoms with Crippen LogP contribution in [0.25, 0.3) is 5.70 Å². The standard InChI is InChI=1S/C29H37ClN2/c1-4-7-22-9-6-10-24(17-22)28(8-5-2)31-29-20-32(16-15-21(29)3)27-14-12-23-11-13-26(30)18-25(23)19-27/h6,8-11,13,17-18,27,31H,4-5,7,12,14-16,19-20H2,1-3H3/b28-8+. The second-order valence-corrected chi connectivity index (χ2v) is 9.83. The summed E-state index contributed by atoms with van der Waals surface area (Å²) >= 11 is 6.29. The van der Waals surface area contributed by atoms with E-state index in [0.717, 1.165) is 50.2 Å². The van der Waals surface area contributed by atoms with Crippen LogP contribution in [0.15, 0.2) is 59.8 Å². The lowest BCUT2D eigenvalue weighted by Crippen LogP contribution is -2.45. The number of aryl methyl sites for hydroxylation is 2. The van der Waals surface area contributed by atoms with Crippen LogP contribution in [0.5, 0.6) is 0 Å². The Hall–Kier alpha value is -2.03. The quantitative estimate of drug-likeness (QED) is 0.482. The smallest absolute Gasteiger partial charge is 0.0415 e. The van der Waals surface area contributed by atoms with Crippen molar-refractivity contribution in [2.45, 2.75) is 71.8 Å². The number of allylic oxidation sites excluding steroid dienone is 1. The van der Waals surface area contributed by atoms with Crippen LogP contribution in [-0.2, 0) is 19.3 Å². The van der Waals surface area contributed by atoms with Gasteiger partial charge in [0.25, 0.3) is 0 Å². The van der Waals surface area contributed by atoms with Crippen molar-refractivity contribution in [1.82, 2.24) is 10.2 Å². The third kappa shape index (κ3) is 5.47. The molecule has 0 spiro atoms. The molecule has 3 heteroatoms. The first-order chi connectivity index (χ1) is 15.6. The van der Waals surface area contributed by atoms with E-state index in [2.05, 4.69) is 73.5 Å². The SMILES string of the molecule is CC/C=C(/NC1=C(C)CCN(C2CCc3ccc(Cl)cc3C2)C1)c1cccc(CCC)c1. The zero-order chi connectivity index (χ0) is 22.5. The maximum atomic E-state index is 6.29. The van der Waals surface area contributed by atoms with E-state index in [4.69, 9.17) is 11.6 Å². The third-order valence-corrected chi connectivity index (χ3v) is 7.24. The van der Waals surface area contributed by atoms with Gasteiger partial charge in [-0.2, -0.15) is 0 Å². The number of hydrogen-bond acceptors (Lipinski definition) is 2. The van der Waals surface area contributed by atoms with Crippen LogP contribution in [0, 0.1) is 0 Å². The lowest BCUT2D eigenvalue weighted by molar-refractivity contribution is 0.185. The molecule has 0 radical (unpaired) electrons. The summed E-state index contributed by atoms with van der Waals surface area (Å²) in [5.41, 5.74) is 9.77. The second-order valence-electron chi connectivity index (χ2n) is 9.39. The number of hydrogen-bond donors (Lipinski definition) is 1. The monoisotopic (exact) mass is 448 g/mol. The van der Waals surface area contributed by atoms with E-state index in [1.54, 1.807) is 0 Å². The largest absolute Gasteiger partial charge is 0.358 e. The summed E-state index contributed by atoms with van der Waals surface area (Å²) in [6.07, 6.45) is 10.3. The number of fused-ring (bicyclic) bond motifs is 1. The van der Waals surface area contributed by atoms with E-state index in [-0.39, 0.29) is 0 Å². The molecule has 170 valence electrons. The molecule has 0 bridgehead atoms. The Morgan fingerprint density at radius 1 is 1.12 bits per heavy atom. The van der Waals surface area contributed by atoms with E-state index < -0.39 is 0 Å². The van der Waals surface area contributed by atoms with Gasteiger partial charge >= 0.3 is 0 Å². The van der Waals surface area contributed by atoms with Crippen molar-refractivity contribution in [2.75, 3.05) is 13.1 Å². The summed E-state index contributed by atoms with van der Waals surface area (Å²) in [6.45, 7) is 8.91. The van der Waals surface area contributed by atoms with E-state index in [0.29, 0.717) is 6.04 Å². The van der Waals surface area contributed by atoms with Gasteiger partial charge in [0.1, 0.15) is 0 Å². The molecule has 0 saturated carbocycles. The second kappa shape index (κ2) is 10.7. The minimum atomic E-state index is 0.595. The van der Waals surface area contributed by atoms with Crippen LogP contribution in [0.2, 0.25) is 5.02 Å². The first-order valence-electron chi connectivity index (χ1n) is 12.3. The average molecular weight is 449 g/mol. The number of rotatable bonds is 7. The molecule has 1 unspecified atom stereocenters. The number of benzene rings is 2. The van der Waals surface area contributed by atoms with Gasteiger partial charge in [0.15, 0.2) is 0 Å². The lowest BCUT2D eigenvalue weighted by Gasteiger charge is -2.39. The fraction of sp³-hybridized carbons (Fsp3) is 0.448. The van der Waals surface area contributed by atoms with Crippen LogP contribution in [0.3, 0.4) is 0 Å². The Bertz CT molecular complexity index is 1000. The molecule has 1 N–H and O–H groups in total. The Kier molecular flexibility index (Phi) is 7.75. The minimum Gasteiger partial charge on any atom is -0.358 e. The maximum Gasteiger partial charge on any atom is 0.0415 e. The van der Waals surface area contributed by atoms with Gasteiger partial charge in [0.05, 0.1) is 0 Å². The molecule has 2 aromatic carbocycles. The van der Waals surface area contributed by atoms with Gasteiger partial charge in [-0.25, -0.2) is 0 Å². The highest BCUT2D eigenvalue weighted by molar-refractivity contribution is 6.30. The van der Waals surface area contributed by atoms with Gasteiger partial charge in [-0.1, -0.05) is 67.8 Å². The highest BCUT2D eigenvalue weighted by atomic mass is 35.5. The van der Waals surface area contributed by atoms with Crippen molar-refractivity contribution < 1.29 is 0 Å². The van der Waals surface area contributed by atoms with Crippen LogP contribution in [0.1, 0.15) is 68.7 Å². The molecule has 0 amide bonds. The van der Waals surface area contributed by atoms with E-state index in [9.17, 15) is 0 Å². The van der Waals surface area contributed by atoms with Gasteiger partial charge in [-0.05, 0) is 85.9 Å².